The van der Waals surface area contributed by atoms with Crippen LogP contribution < -0.4 is 10.5 Å². The second-order valence-electron chi connectivity index (χ2n) is 8.30. The Balaban J connectivity index is 2.21. The number of esters is 1. The molecule has 0 saturated heterocycles. The standard InChI is InChI=1S/C22H30N2O4S/c1-15(2)20(21(25)28-22(3,4)5)24-29(26,27)19-12-10-18(11-13-19)17-8-6-16(14-23)7-9-17/h6-13,15,20,24H,14,23H2,1-5H3. The lowest BCUT2D eigenvalue weighted by atomic mass is 10.0. The molecule has 1 unspecified atom stereocenters. The average Bonchev–Trinajstić information content (AvgIpc) is 2.64. The molecule has 0 aliphatic heterocycles. The van der Waals surface area contributed by atoms with Gasteiger partial charge >= 0.3 is 5.97 Å². The van der Waals surface area contributed by atoms with Gasteiger partial charge in [-0.1, -0.05) is 50.2 Å². The fourth-order valence-electron chi connectivity index (χ4n) is 2.72. The zero-order valence-electron chi connectivity index (χ0n) is 17.6. The molecule has 2 aromatic rings. The van der Waals surface area contributed by atoms with Crippen molar-refractivity contribution >= 4 is 16.0 Å². The summed E-state index contributed by atoms with van der Waals surface area (Å²) in [5.41, 5.74) is 7.80. The normalized spacial score (nSPS) is 13.3. The van der Waals surface area contributed by atoms with Gasteiger partial charge in [-0.25, -0.2) is 8.42 Å². The fourth-order valence-corrected chi connectivity index (χ4v) is 4.05. The summed E-state index contributed by atoms with van der Waals surface area (Å²) in [6, 6.07) is 13.3. The first-order valence-corrected chi connectivity index (χ1v) is 11.1. The van der Waals surface area contributed by atoms with Gasteiger partial charge in [0.15, 0.2) is 0 Å². The molecule has 2 aromatic carbocycles. The minimum absolute atomic E-state index is 0.0917. The molecule has 0 spiro atoms. The molecule has 29 heavy (non-hydrogen) atoms. The predicted octanol–water partition coefficient (Wildman–Crippen LogP) is 3.46. The number of carbonyl (C=O) groups excluding carboxylic acids is 1. The van der Waals surface area contributed by atoms with Gasteiger partial charge in [0, 0.05) is 6.54 Å². The van der Waals surface area contributed by atoms with Crippen LogP contribution in [0.25, 0.3) is 11.1 Å². The van der Waals surface area contributed by atoms with Gasteiger partial charge in [0.25, 0.3) is 0 Å². The van der Waals surface area contributed by atoms with Crippen LogP contribution in [0.4, 0.5) is 0 Å². The Bertz CT molecular complexity index is 928. The molecule has 0 saturated carbocycles. The molecule has 158 valence electrons. The van der Waals surface area contributed by atoms with Crippen molar-refractivity contribution < 1.29 is 17.9 Å². The van der Waals surface area contributed by atoms with Crippen LogP contribution in [-0.4, -0.2) is 26.0 Å². The highest BCUT2D eigenvalue weighted by Gasteiger charge is 2.32. The Morgan fingerprint density at radius 1 is 1.00 bits per heavy atom. The summed E-state index contributed by atoms with van der Waals surface area (Å²) >= 11 is 0. The molecule has 7 heteroatoms. The van der Waals surface area contributed by atoms with E-state index in [2.05, 4.69) is 4.72 Å². The van der Waals surface area contributed by atoms with Crippen molar-refractivity contribution in [1.82, 2.24) is 4.72 Å². The minimum atomic E-state index is -3.88. The zero-order chi connectivity index (χ0) is 21.8. The van der Waals surface area contributed by atoms with E-state index in [0.717, 1.165) is 16.7 Å². The van der Waals surface area contributed by atoms with E-state index in [1.54, 1.807) is 46.8 Å². The lowest BCUT2D eigenvalue weighted by molar-refractivity contribution is -0.158. The van der Waals surface area contributed by atoms with Crippen molar-refractivity contribution in [2.24, 2.45) is 11.7 Å². The summed E-state index contributed by atoms with van der Waals surface area (Å²) in [5.74, 6) is -0.854. The first kappa shape index (κ1) is 23.1. The van der Waals surface area contributed by atoms with Gasteiger partial charge in [-0.3, -0.25) is 4.79 Å². The van der Waals surface area contributed by atoms with Crippen LogP contribution in [0.5, 0.6) is 0 Å². The van der Waals surface area contributed by atoms with Crippen molar-refractivity contribution in [2.45, 2.75) is 57.7 Å². The molecular weight excluding hydrogens is 388 g/mol. The van der Waals surface area contributed by atoms with Crippen LogP contribution in [0.3, 0.4) is 0 Å². The van der Waals surface area contributed by atoms with Crippen LogP contribution in [0, 0.1) is 5.92 Å². The molecule has 6 nitrogen and oxygen atoms in total. The first-order chi connectivity index (χ1) is 13.4. The number of sulfonamides is 1. The van der Waals surface area contributed by atoms with E-state index >= 15 is 0 Å². The van der Waals surface area contributed by atoms with Gasteiger partial charge in [-0.05, 0) is 55.5 Å². The SMILES string of the molecule is CC(C)C(NS(=O)(=O)c1ccc(-c2ccc(CN)cc2)cc1)C(=O)OC(C)(C)C. The quantitative estimate of drug-likeness (QED) is 0.671. The molecule has 0 radical (unpaired) electrons. The van der Waals surface area contributed by atoms with Crippen molar-refractivity contribution in [3.05, 3.63) is 54.1 Å². The molecule has 1 atom stereocenters. The Hall–Kier alpha value is -2.22. The highest BCUT2D eigenvalue weighted by atomic mass is 32.2. The smallest absolute Gasteiger partial charge is 0.324 e. The monoisotopic (exact) mass is 418 g/mol. The predicted molar refractivity (Wildman–Crippen MR) is 115 cm³/mol. The number of hydrogen-bond donors (Lipinski definition) is 2. The van der Waals surface area contributed by atoms with Gasteiger partial charge in [-0.15, -0.1) is 0 Å². The topological polar surface area (TPSA) is 98.5 Å². The van der Waals surface area contributed by atoms with Crippen molar-refractivity contribution in [3.8, 4) is 11.1 Å². The number of benzene rings is 2. The highest BCUT2D eigenvalue weighted by molar-refractivity contribution is 7.89. The lowest BCUT2D eigenvalue weighted by Gasteiger charge is -2.26. The summed E-state index contributed by atoms with van der Waals surface area (Å²) in [6.07, 6.45) is 0. The van der Waals surface area contributed by atoms with E-state index in [9.17, 15) is 13.2 Å². The van der Waals surface area contributed by atoms with E-state index < -0.39 is 27.6 Å². The zero-order valence-corrected chi connectivity index (χ0v) is 18.4. The number of carbonyl (C=O) groups is 1. The highest BCUT2D eigenvalue weighted by Crippen LogP contribution is 2.22. The van der Waals surface area contributed by atoms with E-state index in [1.807, 2.05) is 24.3 Å². The third-order valence-corrected chi connectivity index (χ3v) is 5.75. The van der Waals surface area contributed by atoms with Crippen molar-refractivity contribution in [3.63, 3.8) is 0 Å². The van der Waals surface area contributed by atoms with Crippen LogP contribution in [-0.2, 0) is 26.1 Å². The maximum Gasteiger partial charge on any atom is 0.324 e. The first-order valence-electron chi connectivity index (χ1n) is 9.57. The Kier molecular flexibility index (Phi) is 7.21. The molecule has 3 N–H and O–H groups in total. The Morgan fingerprint density at radius 2 is 1.48 bits per heavy atom. The Morgan fingerprint density at radius 3 is 1.90 bits per heavy atom. The molecule has 0 aliphatic rings. The molecule has 0 amide bonds. The summed E-state index contributed by atoms with van der Waals surface area (Å²) < 4.78 is 33.5. The third kappa shape index (κ3) is 6.39. The molecule has 0 fully saturated rings. The second kappa shape index (κ2) is 9.07. The van der Waals surface area contributed by atoms with Crippen LogP contribution in [0.1, 0.15) is 40.2 Å². The largest absolute Gasteiger partial charge is 0.459 e. The van der Waals surface area contributed by atoms with Gasteiger partial charge < -0.3 is 10.5 Å². The fraction of sp³-hybridized carbons (Fsp3) is 0.409. The summed E-state index contributed by atoms with van der Waals surface area (Å²) in [6.45, 7) is 9.24. The molecule has 0 aliphatic carbocycles. The minimum Gasteiger partial charge on any atom is -0.459 e. The Labute approximate surface area is 173 Å². The van der Waals surface area contributed by atoms with Crippen molar-refractivity contribution in [1.29, 1.82) is 0 Å². The molecule has 0 heterocycles. The van der Waals surface area contributed by atoms with Gasteiger partial charge in [0.1, 0.15) is 11.6 Å². The maximum atomic E-state index is 12.8. The van der Waals surface area contributed by atoms with Crippen LogP contribution in [0.2, 0.25) is 0 Å². The van der Waals surface area contributed by atoms with E-state index in [0.29, 0.717) is 6.54 Å². The summed E-state index contributed by atoms with van der Waals surface area (Å²) in [5, 5.41) is 0. The molecule has 0 aromatic heterocycles. The lowest BCUT2D eigenvalue weighted by Crippen LogP contribution is -2.47. The average molecular weight is 419 g/mol. The molecular formula is C22H30N2O4S. The van der Waals surface area contributed by atoms with E-state index in [1.165, 1.54) is 12.1 Å². The molecule has 2 rings (SSSR count). The second-order valence-corrected chi connectivity index (χ2v) is 10.0. The number of hydrogen-bond acceptors (Lipinski definition) is 5. The number of nitrogens with one attached hydrogen (secondary N) is 1. The molecule has 0 bridgehead atoms. The summed E-state index contributed by atoms with van der Waals surface area (Å²) in [7, 11) is -3.88. The van der Waals surface area contributed by atoms with E-state index in [4.69, 9.17) is 10.5 Å². The van der Waals surface area contributed by atoms with E-state index in [-0.39, 0.29) is 10.8 Å². The van der Waals surface area contributed by atoms with Gasteiger partial charge in [0.05, 0.1) is 4.90 Å². The number of ether oxygens (including phenoxy) is 1. The maximum absolute atomic E-state index is 12.8. The third-order valence-electron chi connectivity index (χ3n) is 4.30. The van der Waals surface area contributed by atoms with Crippen LogP contribution in [0.15, 0.2) is 53.4 Å². The number of rotatable bonds is 7. The van der Waals surface area contributed by atoms with Gasteiger partial charge in [-0.2, -0.15) is 4.72 Å². The number of nitrogens with two attached hydrogens (primary N) is 1. The van der Waals surface area contributed by atoms with Crippen molar-refractivity contribution in [2.75, 3.05) is 0 Å². The van der Waals surface area contributed by atoms with Gasteiger partial charge in [0.2, 0.25) is 10.0 Å². The summed E-state index contributed by atoms with van der Waals surface area (Å²) in [4.78, 5) is 12.5. The van der Waals surface area contributed by atoms with Crippen LogP contribution >= 0.6 is 0 Å².